The fourth-order valence-corrected chi connectivity index (χ4v) is 3.82. The van der Waals surface area contributed by atoms with Gasteiger partial charge in [-0.3, -0.25) is 10.1 Å². The fourth-order valence-electron chi connectivity index (χ4n) is 1.87. The SMILES string of the molecule is CC(C)c1[nH]cc[n+]1S(=O)(=O)c1cc([N+](=O)[O-])ccc1Cl. The monoisotopic (exact) mass is 330 g/mol. The first-order valence-corrected chi connectivity index (χ1v) is 7.85. The molecule has 1 heterocycles. The summed E-state index contributed by atoms with van der Waals surface area (Å²) in [6, 6.07) is 3.32. The Hall–Kier alpha value is -1.93. The standard InChI is InChI=1S/C12H12ClN3O4S/c1-8(2)12-14-5-6-15(12)21(19,20)11-7-9(16(17)18)3-4-10(11)13/h3-8H,1-2H3/p+1. The summed E-state index contributed by atoms with van der Waals surface area (Å²) in [5.41, 5.74) is -0.333. The maximum absolute atomic E-state index is 12.7. The van der Waals surface area contributed by atoms with Crippen molar-refractivity contribution in [3.63, 3.8) is 0 Å². The van der Waals surface area contributed by atoms with E-state index in [2.05, 4.69) is 4.98 Å². The van der Waals surface area contributed by atoms with E-state index in [0.717, 1.165) is 16.1 Å². The molecule has 21 heavy (non-hydrogen) atoms. The first kappa shape index (κ1) is 15.5. The highest BCUT2D eigenvalue weighted by Gasteiger charge is 2.31. The van der Waals surface area contributed by atoms with Gasteiger partial charge in [-0.15, -0.1) is 3.97 Å². The van der Waals surface area contributed by atoms with Gasteiger partial charge in [0.1, 0.15) is 17.3 Å². The average Bonchev–Trinajstić information content (AvgIpc) is 2.88. The molecule has 0 atom stereocenters. The average molecular weight is 331 g/mol. The second kappa shape index (κ2) is 5.45. The van der Waals surface area contributed by atoms with Crippen molar-refractivity contribution in [1.29, 1.82) is 0 Å². The van der Waals surface area contributed by atoms with Crippen LogP contribution in [0.15, 0.2) is 35.5 Å². The minimum absolute atomic E-state index is 0.0657. The van der Waals surface area contributed by atoms with Crippen LogP contribution >= 0.6 is 11.6 Å². The van der Waals surface area contributed by atoms with E-state index in [4.69, 9.17) is 11.6 Å². The van der Waals surface area contributed by atoms with Crippen molar-refractivity contribution in [2.75, 3.05) is 0 Å². The molecule has 0 bridgehead atoms. The van der Waals surface area contributed by atoms with Gasteiger partial charge >= 0.3 is 10.0 Å². The smallest absolute Gasteiger partial charge is 0.258 e. The van der Waals surface area contributed by atoms with Crippen LogP contribution in [-0.2, 0) is 10.0 Å². The molecule has 7 nitrogen and oxygen atoms in total. The van der Waals surface area contributed by atoms with E-state index in [1.54, 1.807) is 0 Å². The summed E-state index contributed by atoms with van der Waals surface area (Å²) >= 11 is 5.91. The summed E-state index contributed by atoms with van der Waals surface area (Å²) in [6.07, 6.45) is 2.83. The third-order valence-electron chi connectivity index (χ3n) is 2.89. The Bertz CT molecular complexity index is 799. The van der Waals surface area contributed by atoms with E-state index in [1.807, 2.05) is 13.8 Å². The Morgan fingerprint density at radius 1 is 1.38 bits per heavy atom. The topological polar surface area (TPSA) is 96.9 Å². The number of hydrogen-bond acceptors (Lipinski definition) is 4. The number of nitro benzene ring substituents is 1. The van der Waals surface area contributed by atoms with Gasteiger partial charge in [-0.2, -0.15) is 8.42 Å². The molecule has 0 unspecified atom stereocenters. The van der Waals surface area contributed by atoms with Crippen molar-refractivity contribution in [3.05, 3.63) is 51.6 Å². The molecule has 0 saturated heterocycles. The van der Waals surface area contributed by atoms with Crippen LogP contribution in [0.1, 0.15) is 25.6 Å². The molecule has 0 saturated carbocycles. The van der Waals surface area contributed by atoms with Crippen molar-refractivity contribution in [3.8, 4) is 0 Å². The summed E-state index contributed by atoms with van der Waals surface area (Å²) in [6.45, 7) is 3.65. The molecule has 2 rings (SSSR count). The van der Waals surface area contributed by atoms with E-state index in [9.17, 15) is 18.5 Å². The molecule has 0 radical (unpaired) electrons. The zero-order valence-corrected chi connectivity index (χ0v) is 12.9. The molecule has 2 aromatic rings. The summed E-state index contributed by atoms with van der Waals surface area (Å²) < 4.78 is 26.3. The third kappa shape index (κ3) is 2.77. The summed E-state index contributed by atoms with van der Waals surface area (Å²) in [5, 5.41) is 10.7. The minimum Gasteiger partial charge on any atom is -0.258 e. The molecule has 1 aromatic heterocycles. The quantitative estimate of drug-likeness (QED) is 0.528. The zero-order chi connectivity index (χ0) is 15.8. The van der Waals surface area contributed by atoms with Crippen LogP contribution in [0, 0.1) is 10.1 Å². The molecule has 0 spiro atoms. The normalized spacial score (nSPS) is 11.8. The van der Waals surface area contributed by atoms with E-state index in [0.29, 0.717) is 5.82 Å². The number of benzene rings is 1. The van der Waals surface area contributed by atoms with E-state index < -0.39 is 14.9 Å². The second-order valence-electron chi connectivity index (χ2n) is 4.67. The van der Waals surface area contributed by atoms with Gasteiger partial charge in [0.05, 0.1) is 15.9 Å². The number of imidazole rings is 1. The first-order chi connectivity index (χ1) is 9.75. The number of non-ortho nitro benzene ring substituents is 1. The van der Waals surface area contributed by atoms with E-state index >= 15 is 0 Å². The van der Waals surface area contributed by atoms with Gasteiger partial charge in [0, 0.05) is 12.1 Å². The summed E-state index contributed by atoms with van der Waals surface area (Å²) in [5.74, 6) is 0.379. The van der Waals surface area contributed by atoms with E-state index in [1.165, 1.54) is 18.5 Å². The van der Waals surface area contributed by atoms with Crippen molar-refractivity contribution in [2.24, 2.45) is 0 Å². The minimum atomic E-state index is -4.01. The predicted molar refractivity (Wildman–Crippen MR) is 75.8 cm³/mol. The number of nitrogens with zero attached hydrogens (tertiary/aromatic N) is 2. The van der Waals surface area contributed by atoms with Gasteiger partial charge in [-0.1, -0.05) is 25.4 Å². The van der Waals surface area contributed by atoms with E-state index in [-0.39, 0.29) is 21.5 Å². The van der Waals surface area contributed by atoms with Crippen molar-refractivity contribution >= 4 is 27.3 Å². The zero-order valence-electron chi connectivity index (χ0n) is 11.3. The Morgan fingerprint density at radius 3 is 2.62 bits per heavy atom. The highest BCUT2D eigenvalue weighted by atomic mass is 35.5. The molecular formula is C12H13ClN3O4S+. The van der Waals surface area contributed by atoms with Crippen LogP contribution < -0.4 is 3.97 Å². The van der Waals surface area contributed by atoms with Gasteiger partial charge in [0.25, 0.3) is 11.5 Å². The van der Waals surface area contributed by atoms with Crippen LogP contribution in [0.3, 0.4) is 0 Å². The number of H-pyrrole nitrogens is 1. The number of halogens is 1. The van der Waals surface area contributed by atoms with Crippen LogP contribution in [0.5, 0.6) is 0 Å². The Labute approximate surface area is 126 Å². The number of hydrogen-bond donors (Lipinski definition) is 1. The molecule has 0 amide bonds. The van der Waals surface area contributed by atoms with Gasteiger partial charge in [0.15, 0.2) is 0 Å². The van der Waals surface area contributed by atoms with Crippen LogP contribution in [0.2, 0.25) is 5.02 Å². The number of aromatic nitrogens is 2. The Morgan fingerprint density at radius 2 is 2.05 bits per heavy atom. The van der Waals surface area contributed by atoms with Crippen molar-refractivity contribution in [1.82, 2.24) is 4.98 Å². The lowest BCUT2D eigenvalue weighted by Gasteiger charge is -2.06. The fraction of sp³-hybridized carbons (Fsp3) is 0.250. The number of nitro groups is 1. The van der Waals surface area contributed by atoms with Gasteiger partial charge in [-0.05, 0) is 6.07 Å². The summed E-state index contributed by atoms with van der Waals surface area (Å²) in [7, 11) is -4.01. The Kier molecular flexibility index (Phi) is 4.02. The lowest BCUT2D eigenvalue weighted by molar-refractivity contribution is -0.521. The van der Waals surface area contributed by atoms with Crippen LogP contribution in [0.4, 0.5) is 5.69 Å². The molecule has 9 heteroatoms. The number of rotatable bonds is 4. The lowest BCUT2D eigenvalue weighted by Crippen LogP contribution is -2.45. The molecule has 0 aliphatic carbocycles. The van der Waals surface area contributed by atoms with Crippen molar-refractivity contribution < 1.29 is 17.3 Å². The molecular weight excluding hydrogens is 318 g/mol. The third-order valence-corrected chi connectivity index (χ3v) is 5.06. The van der Waals surface area contributed by atoms with Gasteiger partial charge in [-0.25, -0.2) is 4.98 Å². The van der Waals surface area contributed by atoms with Crippen LogP contribution in [-0.4, -0.2) is 18.3 Å². The van der Waals surface area contributed by atoms with Crippen LogP contribution in [0.25, 0.3) is 0 Å². The largest absolute Gasteiger partial charge is 0.337 e. The maximum Gasteiger partial charge on any atom is 0.337 e. The second-order valence-corrected chi connectivity index (χ2v) is 6.86. The lowest BCUT2D eigenvalue weighted by atomic mass is 10.2. The molecule has 1 N–H and O–H groups in total. The first-order valence-electron chi connectivity index (χ1n) is 6.03. The van der Waals surface area contributed by atoms with Gasteiger partial charge in [0.2, 0.25) is 0 Å². The molecule has 0 fully saturated rings. The van der Waals surface area contributed by atoms with Crippen molar-refractivity contribution in [2.45, 2.75) is 24.7 Å². The molecule has 0 aliphatic heterocycles. The Balaban J connectivity index is 2.67. The number of aromatic amines is 1. The molecule has 112 valence electrons. The summed E-state index contributed by atoms with van der Waals surface area (Å²) in [4.78, 5) is 12.7. The number of nitrogens with one attached hydrogen (secondary N) is 1. The highest BCUT2D eigenvalue weighted by molar-refractivity contribution is 7.85. The molecule has 0 aliphatic rings. The molecule has 1 aromatic carbocycles. The maximum atomic E-state index is 12.7. The predicted octanol–water partition coefficient (Wildman–Crippen LogP) is 2.22. The van der Waals surface area contributed by atoms with Gasteiger partial charge < -0.3 is 0 Å². The highest BCUT2D eigenvalue weighted by Crippen LogP contribution is 2.26.